The average Bonchev–Trinajstić information content (AvgIpc) is 2.35. The smallest absolute Gasteiger partial charge is 0.273 e. The van der Waals surface area contributed by atoms with Crippen molar-refractivity contribution < 1.29 is 30.8 Å². The van der Waals surface area contributed by atoms with E-state index in [-0.39, 0.29) is 6.07 Å². The van der Waals surface area contributed by atoms with Gasteiger partial charge < -0.3 is 0 Å². The molecule has 0 heterocycles. The minimum atomic E-state index is -5.04. The number of nitrogens with one attached hydrogen (secondary N) is 1. The zero-order valence-electron chi connectivity index (χ0n) is 10.9. The molecule has 1 aromatic rings. The largest absolute Gasteiger partial charge is 0.419 e. The molecule has 0 aliphatic rings. The molecule has 0 aliphatic heterocycles. The summed E-state index contributed by atoms with van der Waals surface area (Å²) in [4.78, 5) is 10.7. The molecular weight excluding hydrogens is 334 g/mol. The Morgan fingerprint density at radius 2 is 1.90 bits per heavy atom. The molecule has 1 aromatic carbocycles. The molecule has 0 bridgehead atoms. The number of carbonyl (C=O) groups excluding carboxylic acids is 1. The number of halogens is 4. The summed E-state index contributed by atoms with van der Waals surface area (Å²) >= 11 is 1.06. The summed E-state index contributed by atoms with van der Waals surface area (Å²) in [5.41, 5.74) is -1.71. The third kappa shape index (κ3) is 4.34. The number of benzene rings is 1. The van der Waals surface area contributed by atoms with Gasteiger partial charge in [0.05, 0.1) is 15.7 Å². The quantitative estimate of drug-likeness (QED) is 0.851. The van der Waals surface area contributed by atoms with Crippen LogP contribution in [0.2, 0.25) is 0 Å². The van der Waals surface area contributed by atoms with E-state index in [1.807, 2.05) is 0 Å². The van der Waals surface area contributed by atoms with Crippen LogP contribution in [0.25, 0.3) is 0 Å². The average molecular weight is 345 g/mol. The lowest BCUT2D eigenvalue weighted by molar-refractivity contribution is -0.140. The molecule has 0 unspecified atom stereocenters. The van der Waals surface area contributed by atoms with Crippen molar-refractivity contribution >= 4 is 27.7 Å². The van der Waals surface area contributed by atoms with Gasteiger partial charge in [-0.1, -0.05) is 0 Å². The third-order valence-electron chi connectivity index (χ3n) is 2.51. The number of hydrogen-bond acceptors (Lipinski definition) is 4. The SMILES string of the molecule is CS[C@@H](C)C(=O)NS(=O)(=O)c1ccc(F)c(C(F)(F)F)c1. The van der Waals surface area contributed by atoms with Gasteiger partial charge in [-0.2, -0.15) is 24.9 Å². The number of hydrogen-bond donors (Lipinski definition) is 1. The fraction of sp³-hybridized carbons (Fsp3) is 0.364. The van der Waals surface area contributed by atoms with Crippen molar-refractivity contribution in [1.82, 2.24) is 4.72 Å². The zero-order chi connectivity index (χ0) is 16.4. The lowest BCUT2D eigenvalue weighted by atomic mass is 10.2. The van der Waals surface area contributed by atoms with E-state index >= 15 is 0 Å². The number of amides is 1. The van der Waals surface area contributed by atoms with Crippen LogP contribution in [0.1, 0.15) is 12.5 Å². The molecule has 1 rings (SSSR count). The van der Waals surface area contributed by atoms with E-state index in [1.54, 1.807) is 11.0 Å². The molecule has 1 amide bonds. The first kappa shape index (κ1) is 17.8. The van der Waals surface area contributed by atoms with E-state index in [9.17, 15) is 30.8 Å². The van der Waals surface area contributed by atoms with E-state index in [2.05, 4.69) is 0 Å². The maximum atomic E-state index is 13.1. The first-order valence-electron chi connectivity index (χ1n) is 5.45. The van der Waals surface area contributed by atoms with Gasteiger partial charge in [-0.25, -0.2) is 17.5 Å². The Kier molecular flexibility index (Phi) is 5.26. The molecule has 10 heteroatoms. The monoisotopic (exact) mass is 345 g/mol. The summed E-state index contributed by atoms with van der Waals surface area (Å²) in [5, 5.41) is -0.706. The highest BCUT2D eigenvalue weighted by atomic mass is 32.2. The second kappa shape index (κ2) is 6.22. The van der Waals surface area contributed by atoms with Crippen LogP contribution in [0.15, 0.2) is 23.1 Å². The Morgan fingerprint density at radius 3 is 2.38 bits per heavy atom. The second-order valence-corrected chi connectivity index (χ2v) is 6.85. The van der Waals surface area contributed by atoms with Crippen LogP contribution in [0.3, 0.4) is 0 Å². The molecular formula is C11H11F4NO3S2. The minimum Gasteiger partial charge on any atom is -0.273 e. The van der Waals surface area contributed by atoms with E-state index in [0.717, 1.165) is 11.8 Å². The van der Waals surface area contributed by atoms with E-state index < -0.39 is 43.6 Å². The molecule has 4 nitrogen and oxygen atoms in total. The van der Waals surface area contributed by atoms with E-state index in [4.69, 9.17) is 0 Å². The number of thioether (sulfide) groups is 1. The van der Waals surface area contributed by atoms with Crippen molar-refractivity contribution in [3.8, 4) is 0 Å². The van der Waals surface area contributed by atoms with Crippen LogP contribution in [-0.4, -0.2) is 25.8 Å². The predicted octanol–water partition coefficient (Wildman–Crippen LogP) is 2.40. The lowest BCUT2D eigenvalue weighted by Gasteiger charge is -2.13. The number of sulfonamides is 1. The highest BCUT2D eigenvalue weighted by molar-refractivity contribution is 8.00. The van der Waals surface area contributed by atoms with Crippen LogP contribution in [0.4, 0.5) is 17.6 Å². The standard InChI is InChI=1S/C11H11F4NO3S2/c1-6(20-2)10(17)16-21(18,19)7-3-4-9(12)8(5-7)11(13,14)15/h3-6H,1-2H3,(H,16,17)/t6-/m0/s1. The van der Waals surface area contributed by atoms with Gasteiger partial charge in [0.2, 0.25) is 5.91 Å². The molecule has 0 saturated carbocycles. The molecule has 0 fully saturated rings. The molecule has 1 atom stereocenters. The summed E-state index contributed by atoms with van der Waals surface area (Å²) in [6.45, 7) is 1.43. The predicted molar refractivity (Wildman–Crippen MR) is 69.7 cm³/mol. The summed E-state index contributed by atoms with van der Waals surface area (Å²) in [7, 11) is -4.49. The lowest BCUT2D eigenvalue weighted by Crippen LogP contribution is -2.36. The van der Waals surface area contributed by atoms with Crippen LogP contribution in [0.5, 0.6) is 0 Å². The number of carbonyl (C=O) groups is 1. The van der Waals surface area contributed by atoms with Crippen molar-refractivity contribution in [1.29, 1.82) is 0 Å². The number of rotatable bonds is 4. The van der Waals surface area contributed by atoms with Gasteiger partial charge in [0, 0.05) is 0 Å². The Labute approximate surface area is 123 Å². The fourth-order valence-corrected chi connectivity index (χ4v) is 2.70. The molecule has 0 saturated heterocycles. The normalized spacial score (nSPS) is 13.8. The maximum absolute atomic E-state index is 13.1. The second-order valence-electron chi connectivity index (χ2n) is 3.99. The molecule has 0 aliphatic carbocycles. The van der Waals surface area contributed by atoms with Gasteiger partial charge in [0.25, 0.3) is 10.0 Å². The first-order valence-corrected chi connectivity index (χ1v) is 8.22. The topological polar surface area (TPSA) is 63.2 Å². The van der Waals surface area contributed by atoms with Gasteiger partial charge in [-0.3, -0.25) is 4.79 Å². The van der Waals surface area contributed by atoms with Crippen LogP contribution < -0.4 is 4.72 Å². The van der Waals surface area contributed by atoms with Gasteiger partial charge in [-0.05, 0) is 31.4 Å². The molecule has 0 spiro atoms. The Hall–Kier alpha value is -1.29. The van der Waals surface area contributed by atoms with Crippen molar-refractivity contribution in [3.63, 3.8) is 0 Å². The summed E-state index contributed by atoms with van der Waals surface area (Å²) in [6, 6.07) is 1.19. The van der Waals surface area contributed by atoms with Gasteiger partial charge in [0.15, 0.2) is 0 Å². The van der Waals surface area contributed by atoms with Crippen LogP contribution in [0, 0.1) is 5.82 Å². The molecule has 0 aromatic heterocycles. The van der Waals surface area contributed by atoms with Crippen molar-refractivity contribution in [2.45, 2.75) is 23.2 Å². The first-order chi connectivity index (χ1) is 9.49. The molecule has 21 heavy (non-hydrogen) atoms. The van der Waals surface area contributed by atoms with Crippen molar-refractivity contribution in [3.05, 3.63) is 29.6 Å². The van der Waals surface area contributed by atoms with Gasteiger partial charge in [0.1, 0.15) is 5.82 Å². The van der Waals surface area contributed by atoms with E-state index in [0.29, 0.717) is 12.1 Å². The Bertz CT molecular complexity index is 643. The highest BCUT2D eigenvalue weighted by Gasteiger charge is 2.35. The van der Waals surface area contributed by atoms with E-state index in [1.165, 1.54) is 6.92 Å². The summed E-state index contributed by atoms with van der Waals surface area (Å²) < 4.78 is 76.0. The zero-order valence-corrected chi connectivity index (χ0v) is 12.5. The molecule has 0 radical (unpaired) electrons. The number of alkyl halides is 3. The summed E-state index contributed by atoms with van der Waals surface area (Å²) in [6.07, 6.45) is -3.47. The molecule has 118 valence electrons. The van der Waals surface area contributed by atoms with Crippen LogP contribution in [-0.2, 0) is 21.0 Å². The minimum absolute atomic E-state index is 0.148. The molecule has 1 N–H and O–H groups in total. The summed E-state index contributed by atoms with van der Waals surface area (Å²) in [5.74, 6) is -2.47. The van der Waals surface area contributed by atoms with Crippen molar-refractivity contribution in [2.75, 3.05) is 6.26 Å². The van der Waals surface area contributed by atoms with Crippen LogP contribution >= 0.6 is 11.8 Å². The van der Waals surface area contributed by atoms with Gasteiger partial charge in [-0.15, -0.1) is 0 Å². The highest BCUT2D eigenvalue weighted by Crippen LogP contribution is 2.32. The fourth-order valence-electron chi connectivity index (χ4n) is 1.27. The Morgan fingerprint density at radius 1 is 1.33 bits per heavy atom. The van der Waals surface area contributed by atoms with Crippen molar-refractivity contribution in [2.24, 2.45) is 0 Å². The third-order valence-corrected chi connectivity index (χ3v) is 4.78. The Balaban J connectivity index is 3.19. The maximum Gasteiger partial charge on any atom is 0.419 e. The van der Waals surface area contributed by atoms with Gasteiger partial charge >= 0.3 is 6.18 Å².